The number of hydrogen-bond donors (Lipinski definition) is 2. The van der Waals surface area contributed by atoms with Crippen LogP contribution in [0.25, 0.3) is 22.4 Å². The van der Waals surface area contributed by atoms with Crippen LogP contribution in [0.1, 0.15) is 20.3 Å². The third-order valence-electron chi connectivity index (χ3n) is 3.50. The zero-order valence-corrected chi connectivity index (χ0v) is 13.8. The zero-order valence-electron chi connectivity index (χ0n) is 13.1. The second-order valence-electron chi connectivity index (χ2n) is 5.94. The lowest BCUT2D eigenvalue weighted by Crippen LogP contribution is -2.14. The number of halogens is 1. The normalized spacial score (nSPS) is 11.1. The molecule has 1 amide bonds. The molecule has 0 radical (unpaired) electrons. The van der Waals surface area contributed by atoms with Gasteiger partial charge in [0, 0.05) is 12.0 Å². The summed E-state index contributed by atoms with van der Waals surface area (Å²) in [5, 5.41) is 3.39. The summed E-state index contributed by atoms with van der Waals surface area (Å²) in [6.45, 7) is 4.01. The fraction of sp³-hybridized carbons (Fsp3) is 0.222. The second-order valence-corrected chi connectivity index (χ2v) is 6.35. The number of rotatable bonds is 4. The van der Waals surface area contributed by atoms with Crippen molar-refractivity contribution < 1.29 is 4.79 Å². The van der Waals surface area contributed by atoms with Gasteiger partial charge in [-0.05, 0) is 36.2 Å². The fourth-order valence-corrected chi connectivity index (χ4v) is 2.59. The van der Waals surface area contributed by atoms with E-state index in [-0.39, 0.29) is 5.91 Å². The van der Waals surface area contributed by atoms with Gasteiger partial charge >= 0.3 is 0 Å². The largest absolute Gasteiger partial charge is 0.338 e. The van der Waals surface area contributed by atoms with Gasteiger partial charge in [-0.25, -0.2) is 4.98 Å². The van der Waals surface area contributed by atoms with Crippen molar-refractivity contribution in [2.45, 2.75) is 20.3 Å². The van der Waals surface area contributed by atoms with Gasteiger partial charge in [0.1, 0.15) is 5.82 Å². The van der Waals surface area contributed by atoms with Crippen LogP contribution in [0, 0.1) is 5.92 Å². The summed E-state index contributed by atoms with van der Waals surface area (Å²) in [5.74, 6) is 1.01. The molecule has 5 heteroatoms. The van der Waals surface area contributed by atoms with E-state index in [4.69, 9.17) is 11.6 Å². The number of carbonyl (C=O) groups excluding carboxylic acids is 1. The topological polar surface area (TPSA) is 57.8 Å². The highest BCUT2D eigenvalue weighted by atomic mass is 35.5. The van der Waals surface area contributed by atoms with Gasteiger partial charge in [-0.15, -0.1) is 0 Å². The Morgan fingerprint density at radius 3 is 2.78 bits per heavy atom. The number of amides is 1. The van der Waals surface area contributed by atoms with Gasteiger partial charge in [-0.1, -0.05) is 37.6 Å². The van der Waals surface area contributed by atoms with E-state index in [0.717, 1.165) is 22.4 Å². The van der Waals surface area contributed by atoms with Crippen LogP contribution >= 0.6 is 11.6 Å². The average Bonchev–Trinajstić information content (AvgIpc) is 2.92. The Bertz CT molecular complexity index is 821. The number of para-hydroxylation sites is 2. The number of fused-ring (bicyclic) bond motifs is 1. The van der Waals surface area contributed by atoms with Gasteiger partial charge in [0.15, 0.2) is 0 Å². The molecule has 0 bridgehead atoms. The first-order chi connectivity index (χ1) is 11.0. The van der Waals surface area contributed by atoms with Crippen molar-refractivity contribution in [3.63, 3.8) is 0 Å². The minimum Gasteiger partial charge on any atom is -0.338 e. The van der Waals surface area contributed by atoms with Crippen LogP contribution in [-0.2, 0) is 4.79 Å². The lowest BCUT2D eigenvalue weighted by atomic mass is 10.1. The van der Waals surface area contributed by atoms with Gasteiger partial charge in [0.25, 0.3) is 0 Å². The predicted molar refractivity (Wildman–Crippen MR) is 94.6 cm³/mol. The Kier molecular flexibility index (Phi) is 4.35. The van der Waals surface area contributed by atoms with E-state index in [1.165, 1.54) is 0 Å². The maximum absolute atomic E-state index is 12.0. The average molecular weight is 328 g/mol. The molecule has 0 fully saturated rings. The lowest BCUT2D eigenvalue weighted by molar-refractivity contribution is -0.116. The summed E-state index contributed by atoms with van der Waals surface area (Å²) in [6, 6.07) is 13.4. The smallest absolute Gasteiger partial charge is 0.224 e. The van der Waals surface area contributed by atoms with Crippen LogP contribution in [-0.4, -0.2) is 15.9 Å². The molecule has 3 aromatic rings. The van der Waals surface area contributed by atoms with Gasteiger partial charge in [-0.2, -0.15) is 0 Å². The molecule has 0 atom stereocenters. The SMILES string of the molecule is CC(C)CC(=O)Nc1cc(-c2nc3ccccc3[nH]2)ccc1Cl. The first-order valence-electron chi connectivity index (χ1n) is 7.57. The first kappa shape index (κ1) is 15.6. The number of benzene rings is 2. The van der Waals surface area contributed by atoms with Crippen molar-refractivity contribution in [2.24, 2.45) is 5.92 Å². The number of nitrogens with zero attached hydrogens (tertiary/aromatic N) is 1. The molecule has 1 aromatic heterocycles. The van der Waals surface area contributed by atoms with E-state index in [1.807, 2.05) is 50.2 Å². The van der Waals surface area contributed by atoms with Gasteiger partial charge in [0.05, 0.1) is 21.7 Å². The van der Waals surface area contributed by atoms with Gasteiger partial charge in [0.2, 0.25) is 5.91 Å². The van der Waals surface area contributed by atoms with Crippen LogP contribution < -0.4 is 5.32 Å². The van der Waals surface area contributed by atoms with Crippen LogP contribution in [0.4, 0.5) is 5.69 Å². The number of carbonyl (C=O) groups is 1. The Balaban J connectivity index is 1.91. The highest BCUT2D eigenvalue weighted by molar-refractivity contribution is 6.33. The Hall–Kier alpha value is -2.33. The summed E-state index contributed by atoms with van der Waals surface area (Å²) >= 11 is 6.20. The van der Waals surface area contributed by atoms with Gasteiger partial charge in [-0.3, -0.25) is 4.79 Å². The molecule has 0 saturated heterocycles. The highest BCUT2D eigenvalue weighted by Gasteiger charge is 2.11. The van der Waals surface area contributed by atoms with E-state index in [2.05, 4.69) is 15.3 Å². The second kappa shape index (κ2) is 6.42. The Morgan fingerprint density at radius 2 is 2.04 bits per heavy atom. The summed E-state index contributed by atoms with van der Waals surface area (Å²) < 4.78 is 0. The molecule has 0 aliphatic carbocycles. The number of aromatic nitrogens is 2. The molecule has 3 rings (SSSR count). The minimum atomic E-state index is -0.0383. The van der Waals surface area contributed by atoms with E-state index < -0.39 is 0 Å². The third-order valence-corrected chi connectivity index (χ3v) is 3.83. The molecule has 2 N–H and O–H groups in total. The number of aromatic amines is 1. The number of nitrogens with one attached hydrogen (secondary N) is 2. The minimum absolute atomic E-state index is 0.0383. The standard InChI is InChI=1S/C18H18ClN3O/c1-11(2)9-17(23)20-16-10-12(7-8-13(16)19)18-21-14-5-3-4-6-15(14)22-18/h3-8,10-11H,9H2,1-2H3,(H,20,23)(H,21,22). The van der Waals surface area contributed by atoms with Crippen LogP contribution in [0.3, 0.4) is 0 Å². The molecule has 0 aliphatic heterocycles. The van der Waals surface area contributed by atoms with E-state index in [9.17, 15) is 4.79 Å². The molecular formula is C18H18ClN3O. The maximum atomic E-state index is 12.0. The zero-order chi connectivity index (χ0) is 16.4. The van der Waals surface area contributed by atoms with E-state index in [0.29, 0.717) is 23.0 Å². The van der Waals surface area contributed by atoms with Crippen molar-refractivity contribution >= 4 is 34.2 Å². The van der Waals surface area contributed by atoms with Crippen molar-refractivity contribution in [1.29, 1.82) is 0 Å². The van der Waals surface area contributed by atoms with E-state index >= 15 is 0 Å². The first-order valence-corrected chi connectivity index (χ1v) is 7.95. The molecule has 4 nitrogen and oxygen atoms in total. The van der Waals surface area contributed by atoms with Crippen molar-refractivity contribution in [1.82, 2.24) is 9.97 Å². The molecular weight excluding hydrogens is 310 g/mol. The Labute approximate surface area is 139 Å². The predicted octanol–water partition coefficient (Wildman–Crippen LogP) is 4.87. The number of anilines is 1. The van der Waals surface area contributed by atoms with Crippen molar-refractivity contribution in [2.75, 3.05) is 5.32 Å². The van der Waals surface area contributed by atoms with Crippen LogP contribution in [0.5, 0.6) is 0 Å². The van der Waals surface area contributed by atoms with Crippen molar-refractivity contribution in [3.8, 4) is 11.4 Å². The fourth-order valence-electron chi connectivity index (χ4n) is 2.43. The molecule has 2 aromatic carbocycles. The molecule has 1 heterocycles. The Morgan fingerprint density at radius 1 is 1.26 bits per heavy atom. The number of imidazole rings is 1. The van der Waals surface area contributed by atoms with E-state index in [1.54, 1.807) is 6.07 Å². The van der Waals surface area contributed by atoms with Crippen LogP contribution in [0.2, 0.25) is 5.02 Å². The lowest BCUT2D eigenvalue weighted by Gasteiger charge is -2.10. The molecule has 0 spiro atoms. The molecule has 0 aliphatic rings. The third kappa shape index (κ3) is 3.54. The number of H-pyrrole nitrogens is 1. The molecule has 0 saturated carbocycles. The maximum Gasteiger partial charge on any atom is 0.224 e. The summed E-state index contributed by atoms with van der Waals surface area (Å²) in [7, 11) is 0. The molecule has 118 valence electrons. The monoisotopic (exact) mass is 327 g/mol. The van der Waals surface area contributed by atoms with Crippen LogP contribution in [0.15, 0.2) is 42.5 Å². The quantitative estimate of drug-likeness (QED) is 0.718. The summed E-state index contributed by atoms with van der Waals surface area (Å²) in [5.41, 5.74) is 3.37. The molecule has 23 heavy (non-hydrogen) atoms. The molecule has 0 unspecified atom stereocenters. The summed E-state index contributed by atoms with van der Waals surface area (Å²) in [4.78, 5) is 19.8. The summed E-state index contributed by atoms with van der Waals surface area (Å²) in [6.07, 6.45) is 0.463. The number of hydrogen-bond acceptors (Lipinski definition) is 2. The van der Waals surface area contributed by atoms with Gasteiger partial charge < -0.3 is 10.3 Å². The van der Waals surface area contributed by atoms with Crippen molar-refractivity contribution in [3.05, 3.63) is 47.5 Å². The highest BCUT2D eigenvalue weighted by Crippen LogP contribution is 2.29.